The summed E-state index contributed by atoms with van der Waals surface area (Å²) in [6, 6.07) is 12.1. The zero-order valence-electron chi connectivity index (χ0n) is 18.0. The van der Waals surface area contributed by atoms with E-state index in [1.54, 1.807) is 55.6 Å². The monoisotopic (exact) mass is 446 g/mol. The highest BCUT2D eigenvalue weighted by atomic mass is 32.1. The summed E-state index contributed by atoms with van der Waals surface area (Å²) in [6.45, 7) is 9.78. The smallest absolute Gasteiger partial charge is 0.266 e. The number of hydrogen-bond donors (Lipinski definition) is 1. The second-order valence-corrected chi connectivity index (χ2v) is 8.74. The van der Waals surface area contributed by atoms with Crippen molar-refractivity contribution in [3.63, 3.8) is 0 Å². The Morgan fingerprint density at radius 3 is 2.59 bits per heavy atom. The third-order valence-electron chi connectivity index (χ3n) is 4.72. The van der Waals surface area contributed by atoms with Crippen LogP contribution in [0.15, 0.2) is 65.6 Å². The number of hydrogen-bond acceptors (Lipinski definition) is 6. The molecular weight excluding hydrogens is 424 g/mol. The van der Waals surface area contributed by atoms with Gasteiger partial charge in [0.2, 0.25) is 0 Å². The van der Waals surface area contributed by atoms with Gasteiger partial charge in [-0.1, -0.05) is 6.58 Å². The van der Waals surface area contributed by atoms with Gasteiger partial charge in [-0.15, -0.1) is 11.3 Å². The van der Waals surface area contributed by atoms with Crippen LogP contribution in [0.4, 0.5) is 5.13 Å². The third-order valence-corrected chi connectivity index (χ3v) is 5.55. The van der Waals surface area contributed by atoms with E-state index in [0.29, 0.717) is 45.5 Å². The van der Waals surface area contributed by atoms with Crippen LogP contribution in [0.3, 0.4) is 0 Å². The van der Waals surface area contributed by atoms with Gasteiger partial charge in [0.1, 0.15) is 18.2 Å². The first kappa shape index (κ1) is 21.5. The summed E-state index contributed by atoms with van der Waals surface area (Å²) in [5.74, 6) is 0.874. The number of aryl methyl sites for hydroxylation is 2. The van der Waals surface area contributed by atoms with E-state index >= 15 is 0 Å². The first-order valence-electron chi connectivity index (χ1n) is 9.96. The van der Waals surface area contributed by atoms with Gasteiger partial charge >= 0.3 is 0 Å². The molecule has 0 saturated heterocycles. The van der Waals surface area contributed by atoms with Crippen molar-refractivity contribution < 1.29 is 9.53 Å². The Labute approximate surface area is 189 Å². The number of benzene rings is 2. The van der Waals surface area contributed by atoms with Gasteiger partial charge in [0.05, 0.1) is 16.6 Å². The summed E-state index contributed by atoms with van der Waals surface area (Å²) in [7, 11) is 0. The van der Waals surface area contributed by atoms with E-state index in [1.165, 1.54) is 15.9 Å². The molecular formula is C24H22N4O3S. The van der Waals surface area contributed by atoms with Crippen molar-refractivity contribution in [2.75, 3.05) is 11.9 Å². The van der Waals surface area contributed by atoms with Gasteiger partial charge in [-0.25, -0.2) is 9.97 Å². The number of aromatic nitrogens is 3. The maximum atomic E-state index is 13.3. The standard InChI is InChI=1S/C24H22N4O3S/c1-14(2)13-31-19-9-10-21-20(11-19)23(30)28(16(4)26-21)18-7-5-17(6-8-18)22(29)27-24-25-12-15(3)32-24/h5-12H,1,13H2,2-4H3,(H,25,27,29). The Bertz CT molecular complexity index is 1390. The number of amides is 1. The van der Waals surface area contributed by atoms with Crippen molar-refractivity contribution in [1.82, 2.24) is 14.5 Å². The highest BCUT2D eigenvalue weighted by molar-refractivity contribution is 7.15. The number of carbonyl (C=O) groups excluding carboxylic acids is 1. The molecule has 32 heavy (non-hydrogen) atoms. The Kier molecular flexibility index (Phi) is 5.87. The van der Waals surface area contributed by atoms with Gasteiger partial charge in [-0.3, -0.25) is 19.5 Å². The molecule has 2 aromatic carbocycles. The molecule has 1 N–H and O–H groups in total. The lowest BCUT2D eigenvalue weighted by Gasteiger charge is -2.12. The van der Waals surface area contributed by atoms with Crippen LogP contribution < -0.4 is 15.6 Å². The molecule has 0 unspecified atom stereocenters. The van der Waals surface area contributed by atoms with Crippen molar-refractivity contribution in [1.29, 1.82) is 0 Å². The fourth-order valence-electron chi connectivity index (χ4n) is 3.22. The quantitative estimate of drug-likeness (QED) is 0.435. The van der Waals surface area contributed by atoms with Crippen LogP contribution in [0.25, 0.3) is 16.6 Å². The Hall–Kier alpha value is -3.78. The third kappa shape index (κ3) is 4.45. The number of rotatable bonds is 6. The van der Waals surface area contributed by atoms with E-state index in [-0.39, 0.29) is 11.5 Å². The van der Waals surface area contributed by atoms with Crippen molar-refractivity contribution in [2.24, 2.45) is 0 Å². The number of carbonyl (C=O) groups is 1. The molecule has 7 nitrogen and oxygen atoms in total. The maximum Gasteiger partial charge on any atom is 0.266 e. The highest BCUT2D eigenvalue weighted by Crippen LogP contribution is 2.20. The normalized spacial score (nSPS) is 10.8. The number of anilines is 1. The van der Waals surface area contributed by atoms with Crippen LogP contribution in [0.5, 0.6) is 5.75 Å². The van der Waals surface area contributed by atoms with Crippen LogP contribution in [0.1, 0.15) is 28.0 Å². The fourth-order valence-corrected chi connectivity index (χ4v) is 3.88. The number of nitrogens with zero attached hydrogens (tertiary/aromatic N) is 3. The zero-order valence-corrected chi connectivity index (χ0v) is 18.8. The highest BCUT2D eigenvalue weighted by Gasteiger charge is 2.13. The number of fused-ring (bicyclic) bond motifs is 1. The van der Waals surface area contributed by atoms with E-state index in [4.69, 9.17) is 4.74 Å². The molecule has 0 fully saturated rings. The molecule has 0 aliphatic heterocycles. The zero-order chi connectivity index (χ0) is 22.8. The molecule has 0 radical (unpaired) electrons. The molecule has 1 amide bonds. The summed E-state index contributed by atoms with van der Waals surface area (Å²) in [5.41, 5.74) is 2.37. The SMILES string of the molecule is C=C(C)COc1ccc2nc(C)n(-c3ccc(C(=O)Nc4ncc(C)s4)cc3)c(=O)c2c1. The molecule has 162 valence electrons. The number of nitrogens with one attached hydrogen (secondary N) is 1. The second kappa shape index (κ2) is 8.76. The van der Waals surface area contributed by atoms with Crippen LogP contribution >= 0.6 is 11.3 Å². The van der Waals surface area contributed by atoms with Gasteiger partial charge in [0.15, 0.2) is 5.13 Å². The van der Waals surface area contributed by atoms with Crippen LogP contribution in [-0.4, -0.2) is 27.0 Å². The second-order valence-electron chi connectivity index (χ2n) is 7.50. The summed E-state index contributed by atoms with van der Waals surface area (Å²) < 4.78 is 7.20. The van der Waals surface area contributed by atoms with E-state index in [1.807, 2.05) is 13.8 Å². The van der Waals surface area contributed by atoms with E-state index in [9.17, 15) is 9.59 Å². The molecule has 0 atom stereocenters. The predicted molar refractivity (Wildman–Crippen MR) is 127 cm³/mol. The minimum absolute atomic E-state index is 0.205. The van der Waals surface area contributed by atoms with E-state index < -0.39 is 0 Å². The van der Waals surface area contributed by atoms with Crippen molar-refractivity contribution >= 4 is 33.3 Å². The van der Waals surface area contributed by atoms with Crippen LogP contribution in [-0.2, 0) is 0 Å². The molecule has 4 rings (SSSR count). The minimum Gasteiger partial charge on any atom is -0.489 e. The lowest BCUT2D eigenvalue weighted by Crippen LogP contribution is -2.22. The molecule has 2 heterocycles. The topological polar surface area (TPSA) is 86.1 Å². The first-order chi connectivity index (χ1) is 15.3. The minimum atomic E-state index is -0.258. The van der Waals surface area contributed by atoms with Gasteiger partial charge in [-0.05, 0) is 68.8 Å². The van der Waals surface area contributed by atoms with Gasteiger partial charge in [-0.2, -0.15) is 0 Å². The lowest BCUT2D eigenvalue weighted by molar-refractivity contribution is 0.102. The number of thiazole rings is 1. The molecule has 8 heteroatoms. The summed E-state index contributed by atoms with van der Waals surface area (Å²) in [6.07, 6.45) is 1.71. The predicted octanol–water partition coefficient (Wildman–Crippen LogP) is 4.67. The van der Waals surface area contributed by atoms with Crippen LogP contribution in [0.2, 0.25) is 0 Å². The maximum absolute atomic E-state index is 13.3. The first-order valence-corrected chi connectivity index (χ1v) is 10.8. The van der Waals surface area contributed by atoms with E-state index in [0.717, 1.165) is 10.5 Å². The molecule has 0 saturated carbocycles. The molecule has 2 aromatic heterocycles. The average Bonchev–Trinajstić information content (AvgIpc) is 3.17. The van der Waals surface area contributed by atoms with Crippen molar-refractivity contribution in [3.05, 3.63) is 87.4 Å². The molecule has 0 aliphatic rings. The average molecular weight is 447 g/mol. The Morgan fingerprint density at radius 1 is 1.19 bits per heavy atom. The molecule has 4 aromatic rings. The largest absolute Gasteiger partial charge is 0.489 e. The summed E-state index contributed by atoms with van der Waals surface area (Å²) in [4.78, 5) is 35.5. The fraction of sp³-hybridized carbons (Fsp3) is 0.167. The number of ether oxygens (including phenoxy) is 1. The van der Waals surface area contributed by atoms with Crippen molar-refractivity contribution in [2.45, 2.75) is 20.8 Å². The molecule has 0 spiro atoms. The molecule has 0 bridgehead atoms. The van der Waals surface area contributed by atoms with Gasteiger partial charge in [0.25, 0.3) is 11.5 Å². The summed E-state index contributed by atoms with van der Waals surface area (Å²) in [5, 5.41) is 3.78. The molecule has 0 aliphatic carbocycles. The van der Waals surface area contributed by atoms with Crippen molar-refractivity contribution in [3.8, 4) is 11.4 Å². The van der Waals surface area contributed by atoms with Gasteiger partial charge < -0.3 is 4.74 Å². The van der Waals surface area contributed by atoms with Gasteiger partial charge in [0, 0.05) is 16.6 Å². The van der Waals surface area contributed by atoms with E-state index in [2.05, 4.69) is 21.9 Å². The Morgan fingerprint density at radius 2 is 1.94 bits per heavy atom. The lowest BCUT2D eigenvalue weighted by atomic mass is 10.1. The summed E-state index contributed by atoms with van der Waals surface area (Å²) >= 11 is 1.41. The van der Waals surface area contributed by atoms with Crippen LogP contribution in [0, 0.1) is 13.8 Å². The Balaban J connectivity index is 1.65.